The summed E-state index contributed by atoms with van der Waals surface area (Å²) in [4.78, 5) is 10.8. The van der Waals surface area contributed by atoms with E-state index in [1.54, 1.807) is 0 Å². The largest absolute Gasteiger partial charge is 0.483 e. The molecule has 6 heteroatoms. The Morgan fingerprint density at radius 2 is 1.91 bits per heavy atom. The number of hydrogen-bond acceptors (Lipinski definition) is 3. The molecule has 4 nitrogen and oxygen atoms in total. The zero-order valence-corrected chi connectivity index (χ0v) is 16.2. The standard InChI is InChI=1S/C17H27BrN2O2.ClH/c1-2-3-4-5-6-7-10-20-12-14-11-15(18)8-9-16(14)22-13-17(19)21;/h8-9,11,20H,2-7,10,12-13H2,1H3,(H2,19,21);1H. The van der Waals surface area contributed by atoms with E-state index >= 15 is 0 Å². The Morgan fingerprint density at radius 3 is 2.61 bits per heavy atom. The Balaban J connectivity index is 0.00000484. The van der Waals surface area contributed by atoms with Crippen molar-refractivity contribution in [1.29, 1.82) is 0 Å². The molecule has 0 saturated heterocycles. The molecule has 0 aliphatic rings. The molecule has 0 saturated carbocycles. The molecule has 0 atom stereocenters. The number of nitrogens with two attached hydrogens (primary N) is 1. The van der Waals surface area contributed by atoms with Crippen LogP contribution in [0.2, 0.25) is 0 Å². The highest BCUT2D eigenvalue weighted by atomic mass is 79.9. The van der Waals surface area contributed by atoms with E-state index in [9.17, 15) is 4.79 Å². The number of ether oxygens (including phenoxy) is 1. The Labute approximate surface area is 154 Å². The van der Waals surface area contributed by atoms with Gasteiger partial charge in [-0.1, -0.05) is 55.0 Å². The molecule has 1 rings (SSSR count). The van der Waals surface area contributed by atoms with Gasteiger partial charge in [-0.15, -0.1) is 12.4 Å². The Kier molecular flexibility index (Phi) is 13.2. The normalized spacial score (nSPS) is 10.2. The van der Waals surface area contributed by atoms with Gasteiger partial charge in [-0.05, 0) is 31.2 Å². The highest BCUT2D eigenvalue weighted by molar-refractivity contribution is 9.10. The fraction of sp³-hybridized carbons (Fsp3) is 0.588. The fourth-order valence-corrected chi connectivity index (χ4v) is 2.64. The molecule has 3 N–H and O–H groups in total. The first-order valence-electron chi connectivity index (χ1n) is 8.03. The fourth-order valence-electron chi connectivity index (χ4n) is 2.23. The molecule has 0 aromatic heterocycles. The third-order valence-electron chi connectivity index (χ3n) is 3.42. The van der Waals surface area contributed by atoms with Crippen molar-refractivity contribution < 1.29 is 9.53 Å². The second-order valence-corrected chi connectivity index (χ2v) is 6.37. The molecule has 0 fully saturated rings. The molecule has 0 unspecified atom stereocenters. The van der Waals surface area contributed by atoms with Crippen LogP contribution in [0.25, 0.3) is 0 Å². The maximum Gasteiger partial charge on any atom is 0.255 e. The van der Waals surface area contributed by atoms with E-state index in [4.69, 9.17) is 10.5 Å². The number of unbranched alkanes of at least 4 members (excludes halogenated alkanes) is 5. The summed E-state index contributed by atoms with van der Waals surface area (Å²) in [7, 11) is 0. The average Bonchev–Trinajstić information content (AvgIpc) is 2.49. The molecule has 0 bridgehead atoms. The van der Waals surface area contributed by atoms with Crippen LogP contribution < -0.4 is 15.8 Å². The SMILES string of the molecule is CCCCCCCCNCc1cc(Br)ccc1OCC(N)=O.Cl. The number of hydrogen-bond donors (Lipinski definition) is 2. The number of amides is 1. The number of halogens is 2. The first kappa shape index (κ1) is 22.2. The minimum Gasteiger partial charge on any atom is -0.483 e. The Morgan fingerprint density at radius 1 is 1.22 bits per heavy atom. The lowest BCUT2D eigenvalue weighted by Crippen LogP contribution is -2.21. The molecule has 0 heterocycles. The van der Waals surface area contributed by atoms with Crippen LogP contribution >= 0.6 is 28.3 Å². The van der Waals surface area contributed by atoms with Crippen LogP contribution in [-0.4, -0.2) is 19.1 Å². The molecule has 0 spiro atoms. The third-order valence-corrected chi connectivity index (χ3v) is 3.91. The molecule has 0 aliphatic carbocycles. The molecule has 1 aromatic rings. The van der Waals surface area contributed by atoms with Crippen molar-refractivity contribution in [2.75, 3.05) is 13.2 Å². The molecule has 132 valence electrons. The monoisotopic (exact) mass is 406 g/mol. The number of nitrogens with one attached hydrogen (secondary N) is 1. The third kappa shape index (κ3) is 10.6. The van der Waals surface area contributed by atoms with Crippen molar-refractivity contribution in [2.24, 2.45) is 5.73 Å². The van der Waals surface area contributed by atoms with Crippen LogP contribution in [0.1, 0.15) is 51.0 Å². The van der Waals surface area contributed by atoms with Crippen LogP contribution in [0.3, 0.4) is 0 Å². The van der Waals surface area contributed by atoms with Gasteiger partial charge in [0.2, 0.25) is 0 Å². The van der Waals surface area contributed by atoms with Crippen molar-refractivity contribution in [2.45, 2.75) is 52.0 Å². The maximum absolute atomic E-state index is 10.8. The Bertz CT molecular complexity index is 458. The van der Waals surface area contributed by atoms with Crippen molar-refractivity contribution in [3.63, 3.8) is 0 Å². The molecular formula is C17H28BrClN2O2. The predicted octanol–water partition coefficient (Wildman–Crippen LogP) is 4.19. The highest BCUT2D eigenvalue weighted by Crippen LogP contribution is 2.23. The zero-order chi connectivity index (χ0) is 16.2. The van der Waals surface area contributed by atoms with Gasteiger partial charge < -0.3 is 15.8 Å². The lowest BCUT2D eigenvalue weighted by Gasteiger charge is -2.12. The summed E-state index contributed by atoms with van der Waals surface area (Å²) in [5.41, 5.74) is 6.15. The Hall–Kier alpha value is -0.780. The van der Waals surface area contributed by atoms with Gasteiger partial charge in [0.25, 0.3) is 5.91 Å². The highest BCUT2D eigenvalue weighted by Gasteiger charge is 2.06. The van der Waals surface area contributed by atoms with Crippen molar-refractivity contribution in [3.8, 4) is 5.75 Å². The predicted molar refractivity (Wildman–Crippen MR) is 101 cm³/mol. The second-order valence-electron chi connectivity index (χ2n) is 5.45. The van der Waals surface area contributed by atoms with Gasteiger partial charge in [-0.2, -0.15) is 0 Å². The summed E-state index contributed by atoms with van der Waals surface area (Å²) in [5.74, 6) is 0.242. The lowest BCUT2D eigenvalue weighted by molar-refractivity contribution is -0.119. The molecule has 23 heavy (non-hydrogen) atoms. The summed E-state index contributed by atoms with van der Waals surface area (Å²) >= 11 is 3.46. The number of carbonyl (C=O) groups is 1. The maximum atomic E-state index is 10.8. The first-order valence-corrected chi connectivity index (χ1v) is 8.83. The van der Waals surface area contributed by atoms with Crippen LogP contribution in [0.15, 0.2) is 22.7 Å². The van der Waals surface area contributed by atoms with Gasteiger partial charge in [-0.3, -0.25) is 4.79 Å². The number of carbonyl (C=O) groups excluding carboxylic acids is 1. The van der Waals surface area contributed by atoms with E-state index in [-0.39, 0.29) is 19.0 Å². The van der Waals surface area contributed by atoms with Gasteiger partial charge in [0.05, 0.1) is 0 Å². The molecular weight excluding hydrogens is 380 g/mol. The molecule has 0 aliphatic heterocycles. The molecule has 1 aromatic carbocycles. The first-order chi connectivity index (χ1) is 10.6. The van der Waals surface area contributed by atoms with Crippen molar-refractivity contribution in [1.82, 2.24) is 5.32 Å². The summed E-state index contributed by atoms with van der Waals surface area (Å²) < 4.78 is 6.44. The minimum atomic E-state index is -0.464. The van der Waals surface area contributed by atoms with Crippen LogP contribution in [0, 0.1) is 0 Å². The summed E-state index contributed by atoms with van der Waals surface area (Å²) in [6, 6.07) is 5.76. The van der Waals surface area contributed by atoms with E-state index in [1.165, 1.54) is 38.5 Å². The van der Waals surface area contributed by atoms with Gasteiger partial charge in [0.15, 0.2) is 6.61 Å². The van der Waals surface area contributed by atoms with Gasteiger partial charge in [0, 0.05) is 16.6 Å². The topological polar surface area (TPSA) is 64.3 Å². The zero-order valence-electron chi connectivity index (χ0n) is 13.8. The minimum absolute atomic E-state index is 0. The van der Waals surface area contributed by atoms with E-state index in [2.05, 4.69) is 28.2 Å². The van der Waals surface area contributed by atoms with E-state index in [1.807, 2.05) is 18.2 Å². The second kappa shape index (κ2) is 13.6. The van der Waals surface area contributed by atoms with E-state index in [0.29, 0.717) is 5.75 Å². The quantitative estimate of drug-likeness (QED) is 0.511. The molecule has 1 amide bonds. The summed E-state index contributed by atoms with van der Waals surface area (Å²) in [6.07, 6.45) is 7.75. The van der Waals surface area contributed by atoms with E-state index in [0.717, 1.165) is 23.1 Å². The van der Waals surface area contributed by atoms with Crippen LogP contribution in [0.4, 0.5) is 0 Å². The number of benzene rings is 1. The van der Waals surface area contributed by atoms with Gasteiger partial charge in [0.1, 0.15) is 5.75 Å². The smallest absolute Gasteiger partial charge is 0.255 e. The number of rotatable bonds is 12. The number of primary amides is 1. The van der Waals surface area contributed by atoms with Crippen LogP contribution in [-0.2, 0) is 11.3 Å². The van der Waals surface area contributed by atoms with Gasteiger partial charge >= 0.3 is 0 Å². The van der Waals surface area contributed by atoms with E-state index < -0.39 is 5.91 Å². The average molecular weight is 408 g/mol. The summed E-state index contributed by atoms with van der Waals surface area (Å²) in [5, 5.41) is 3.43. The molecule has 0 radical (unpaired) electrons. The van der Waals surface area contributed by atoms with Crippen LogP contribution in [0.5, 0.6) is 5.75 Å². The lowest BCUT2D eigenvalue weighted by atomic mass is 10.1. The van der Waals surface area contributed by atoms with Gasteiger partial charge in [-0.25, -0.2) is 0 Å². The summed E-state index contributed by atoms with van der Waals surface area (Å²) in [6.45, 7) is 3.86. The van der Waals surface area contributed by atoms with Crippen molar-refractivity contribution >= 4 is 34.2 Å². The van der Waals surface area contributed by atoms with Crippen molar-refractivity contribution in [3.05, 3.63) is 28.2 Å².